The van der Waals surface area contributed by atoms with Crippen molar-refractivity contribution in [2.45, 2.75) is 0 Å². The first-order valence-corrected chi connectivity index (χ1v) is 9.89. The van der Waals surface area contributed by atoms with Gasteiger partial charge in [-0.3, -0.25) is 4.79 Å². The Morgan fingerprint density at radius 2 is 2.00 bits per heavy atom. The second kappa shape index (κ2) is 9.92. The van der Waals surface area contributed by atoms with Crippen LogP contribution in [0.3, 0.4) is 0 Å². The maximum absolute atomic E-state index is 12.6. The van der Waals surface area contributed by atoms with E-state index in [9.17, 15) is 4.79 Å². The number of amides is 1. The van der Waals surface area contributed by atoms with Gasteiger partial charge in [-0.05, 0) is 64.6 Å². The molecule has 0 fully saturated rings. The maximum Gasteiger partial charge on any atom is 0.273 e. The van der Waals surface area contributed by atoms with Gasteiger partial charge in [0, 0.05) is 12.4 Å². The topological polar surface area (TPSA) is 64.8 Å². The molecule has 1 heterocycles. The Labute approximate surface area is 183 Å². The highest BCUT2D eigenvalue weighted by molar-refractivity contribution is 14.1. The minimum atomic E-state index is -0.293. The van der Waals surface area contributed by atoms with E-state index in [-0.39, 0.29) is 5.91 Å². The summed E-state index contributed by atoms with van der Waals surface area (Å²) in [6, 6.07) is 14.9. The fourth-order valence-corrected chi connectivity index (χ4v) is 3.49. The number of rotatable bonds is 8. The van der Waals surface area contributed by atoms with E-state index < -0.39 is 0 Å². The van der Waals surface area contributed by atoms with Gasteiger partial charge in [-0.25, -0.2) is 5.43 Å². The van der Waals surface area contributed by atoms with Crippen molar-refractivity contribution in [3.05, 3.63) is 88.3 Å². The first-order valence-electron chi connectivity index (χ1n) is 8.81. The van der Waals surface area contributed by atoms with Crippen molar-refractivity contribution in [3.63, 3.8) is 0 Å². The molecule has 3 aromatic rings. The number of halogens is 1. The lowest BCUT2D eigenvalue weighted by Gasteiger charge is -2.12. The number of hydrazone groups is 1. The van der Waals surface area contributed by atoms with Gasteiger partial charge < -0.3 is 14.0 Å². The van der Waals surface area contributed by atoms with Crippen molar-refractivity contribution in [2.75, 3.05) is 13.7 Å². The monoisotopic (exact) mass is 501 g/mol. The molecular formula is C22H20IN3O3. The number of para-hydroxylation sites is 1. The summed E-state index contributed by atoms with van der Waals surface area (Å²) in [4.78, 5) is 12.6. The summed E-state index contributed by atoms with van der Waals surface area (Å²) in [5.41, 5.74) is 4.67. The number of nitrogens with one attached hydrogen (secondary N) is 1. The number of methoxy groups -OCH3 is 1. The normalized spacial score (nSPS) is 10.7. The molecule has 0 aliphatic carbocycles. The third kappa shape index (κ3) is 5.05. The fraction of sp³-hybridized carbons (Fsp3) is 0.0909. The molecule has 29 heavy (non-hydrogen) atoms. The van der Waals surface area contributed by atoms with Crippen LogP contribution in [0, 0.1) is 3.57 Å². The van der Waals surface area contributed by atoms with Crippen LogP contribution < -0.4 is 14.9 Å². The van der Waals surface area contributed by atoms with Gasteiger partial charge in [0.25, 0.3) is 5.91 Å². The molecule has 1 amide bonds. The van der Waals surface area contributed by atoms with Crippen LogP contribution in [0.1, 0.15) is 15.9 Å². The van der Waals surface area contributed by atoms with Crippen molar-refractivity contribution in [1.82, 2.24) is 9.99 Å². The molecule has 0 saturated heterocycles. The van der Waals surface area contributed by atoms with E-state index >= 15 is 0 Å². The summed E-state index contributed by atoms with van der Waals surface area (Å²) in [7, 11) is 1.58. The number of hydrogen-bond acceptors (Lipinski definition) is 4. The highest BCUT2D eigenvalue weighted by Gasteiger charge is 2.12. The van der Waals surface area contributed by atoms with Gasteiger partial charge in [0.05, 0.1) is 28.1 Å². The van der Waals surface area contributed by atoms with Crippen LogP contribution >= 0.6 is 22.6 Å². The van der Waals surface area contributed by atoms with E-state index in [2.05, 4.69) is 39.7 Å². The average Bonchev–Trinajstić information content (AvgIpc) is 3.27. The standard InChI is InChI=1S/C22H20IN3O3/c1-3-12-29-21-18(23)13-16(14-20(21)28-2)15-24-25-22(27)17-8-4-5-9-19(17)26-10-6-7-11-26/h3-11,13-15H,1,12H2,2H3,(H,25,27)/b24-15-. The van der Waals surface area contributed by atoms with E-state index in [1.807, 2.05) is 53.4 Å². The smallest absolute Gasteiger partial charge is 0.273 e. The number of aromatic nitrogens is 1. The quantitative estimate of drug-likeness (QED) is 0.215. The van der Waals surface area contributed by atoms with Crippen LogP contribution in [0.5, 0.6) is 11.5 Å². The zero-order valence-electron chi connectivity index (χ0n) is 15.8. The number of benzene rings is 2. The minimum Gasteiger partial charge on any atom is -0.493 e. The zero-order valence-corrected chi connectivity index (χ0v) is 18.0. The number of nitrogens with zero attached hydrogens (tertiary/aromatic N) is 2. The van der Waals surface area contributed by atoms with Crippen molar-refractivity contribution in [2.24, 2.45) is 5.10 Å². The molecule has 0 atom stereocenters. The zero-order chi connectivity index (χ0) is 20.6. The van der Waals surface area contributed by atoms with E-state index in [1.165, 1.54) is 0 Å². The molecule has 148 valence electrons. The van der Waals surface area contributed by atoms with E-state index in [4.69, 9.17) is 9.47 Å². The van der Waals surface area contributed by atoms with Crippen LogP contribution in [-0.4, -0.2) is 30.4 Å². The lowest BCUT2D eigenvalue weighted by molar-refractivity contribution is 0.0955. The molecule has 0 spiro atoms. The number of hydrogen-bond donors (Lipinski definition) is 1. The highest BCUT2D eigenvalue weighted by atomic mass is 127. The largest absolute Gasteiger partial charge is 0.493 e. The Balaban J connectivity index is 1.76. The Kier molecular flexibility index (Phi) is 7.07. The van der Waals surface area contributed by atoms with Gasteiger partial charge in [0.15, 0.2) is 11.5 Å². The van der Waals surface area contributed by atoms with E-state index in [1.54, 1.807) is 31.5 Å². The highest BCUT2D eigenvalue weighted by Crippen LogP contribution is 2.33. The molecule has 3 rings (SSSR count). The van der Waals surface area contributed by atoms with Crippen molar-refractivity contribution < 1.29 is 14.3 Å². The van der Waals surface area contributed by atoms with Crippen LogP contribution in [0.25, 0.3) is 5.69 Å². The predicted octanol–water partition coefficient (Wildman–Crippen LogP) is 4.42. The summed E-state index contributed by atoms with van der Waals surface area (Å²) in [5.74, 6) is 0.942. The second-order valence-corrected chi connectivity index (χ2v) is 7.10. The maximum atomic E-state index is 12.6. The van der Waals surface area contributed by atoms with Crippen molar-refractivity contribution in [3.8, 4) is 17.2 Å². The fourth-order valence-electron chi connectivity index (χ4n) is 2.71. The molecule has 0 radical (unpaired) electrons. The van der Waals surface area contributed by atoms with Crippen LogP contribution in [0.2, 0.25) is 0 Å². The molecule has 0 bridgehead atoms. The second-order valence-electron chi connectivity index (χ2n) is 5.94. The summed E-state index contributed by atoms with van der Waals surface area (Å²) >= 11 is 2.17. The van der Waals surface area contributed by atoms with Crippen molar-refractivity contribution >= 4 is 34.7 Å². The first-order chi connectivity index (χ1) is 14.1. The lowest BCUT2D eigenvalue weighted by atomic mass is 10.1. The molecule has 7 heteroatoms. The Bertz CT molecular complexity index is 1030. The van der Waals surface area contributed by atoms with Gasteiger partial charge in [-0.1, -0.05) is 24.8 Å². The Hall–Kier alpha value is -3.07. The first kappa shape index (κ1) is 20.7. The summed E-state index contributed by atoms with van der Waals surface area (Å²) in [6.07, 6.45) is 7.02. The summed E-state index contributed by atoms with van der Waals surface area (Å²) in [6.45, 7) is 4.04. The molecule has 0 unspecified atom stereocenters. The summed E-state index contributed by atoms with van der Waals surface area (Å²) in [5, 5.41) is 4.10. The van der Waals surface area contributed by atoms with Gasteiger partial charge in [-0.15, -0.1) is 0 Å². The lowest BCUT2D eigenvalue weighted by Crippen LogP contribution is -2.19. The minimum absolute atomic E-state index is 0.293. The molecule has 2 aromatic carbocycles. The number of ether oxygens (including phenoxy) is 2. The SMILES string of the molecule is C=CCOc1c(I)cc(/C=N\NC(=O)c2ccccc2-n2cccc2)cc1OC. The van der Waals surface area contributed by atoms with Gasteiger partial charge in [-0.2, -0.15) is 5.10 Å². The van der Waals surface area contributed by atoms with Crippen LogP contribution in [-0.2, 0) is 0 Å². The molecule has 1 aromatic heterocycles. The molecular weight excluding hydrogens is 481 g/mol. The molecule has 6 nitrogen and oxygen atoms in total. The summed E-state index contributed by atoms with van der Waals surface area (Å²) < 4.78 is 13.8. The third-order valence-electron chi connectivity index (χ3n) is 4.01. The van der Waals surface area contributed by atoms with Gasteiger partial charge in [0.1, 0.15) is 6.61 Å². The predicted molar refractivity (Wildman–Crippen MR) is 122 cm³/mol. The van der Waals surface area contributed by atoms with Crippen LogP contribution in [0.4, 0.5) is 0 Å². The average molecular weight is 501 g/mol. The van der Waals surface area contributed by atoms with E-state index in [0.717, 1.165) is 14.8 Å². The molecule has 0 aliphatic rings. The third-order valence-corrected chi connectivity index (χ3v) is 4.81. The van der Waals surface area contributed by atoms with Crippen molar-refractivity contribution in [1.29, 1.82) is 0 Å². The van der Waals surface area contributed by atoms with Gasteiger partial charge >= 0.3 is 0 Å². The van der Waals surface area contributed by atoms with Crippen LogP contribution in [0.15, 0.2) is 78.7 Å². The van der Waals surface area contributed by atoms with Gasteiger partial charge in [0.2, 0.25) is 0 Å². The Morgan fingerprint density at radius 3 is 2.72 bits per heavy atom. The molecule has 1 N–H and O–H groups in total. The van der Waals surface area contributed by atoms with E-state index in [0.29, 0.717) is 23.7 Å². The number of carbonyl (C=O) groups excluding carboxylic acids is 1. The molecule has 0 saturated carbocycles. The molecule has 0 aliphatic heterocycles. The Morgan fingerprint density at radius 1 is 1.24 bits per heavy atom. The number of carbonyl (C=O) groups is 1.